The zero-order valence-corrected chi connectivity index (χ0v) is 14.6. The average Bonchev–Trinajstić information content (AvgIpc) is 2.52. The van der Waals surface area contributed by atoms with Gasteiger partial charge in [-0.2, -0.15) is 0 Å². The van der Waals surface area contributed by atoms with Crippen LogP contribution in [0, 0.1) is 5.41 Å². The topological polar surface area (TPSA) is 52.0 Å². The van der Waals surface area contributed by atoms with Crippen LogP contribution >= 0.6 is 0 Å². The van der Waals surface area contributed by atoms with Crippen molar-refractivity contribution in [2.24, 2.45) is 16.9 Å². The first kappa shape index (κ1) is 20.4. The Morgan fingerprint density at radius 2 is 1.67 bits per heavy atom. The molecule has 0 bridgehead atoms. The Morgan fingerprint density at radius 3 is 2.19 bits per heavy atom. The first-order valence-corrected chi connectivity index (χ1v) is 8.89. The van der Waals surface area contributed by atoms with Crippen molar-refractivity contribution >= 4 is 0 Å². The molecule has 2 heteroatoms. The second-order valence-corrected chi connectivity index (χ2v) is 6.29. The van der Waals surface area contributed by atoms with Crippen molar-refractivity contribution in [2.45, 2.75) is 84.6 Å². The van der Waals surface area contributed by atoms with Crippen LogP contribution in [0.15, 0.2) is 24.3 Å². The quantitative estimate of drug-likeness (QED) is 0.373. The lowest BCUT2D eigenvalue weighted by Crippen LogP contribution is -2.29. The predicted molar refractivity (Wildman–Crippen MR) is 96.3 cm³/mol. The van der Waals surface area contributed by atoms with Crippen LogP contribution in [-0.4, -0.2) is 12.6 Å². The molecule has 0 amide bonds. The van der Waals surface area contributed by atoms with Gasteiger partial charge in [-0.25, -0.2) is 0 Å². The van der Waals surface area contributed by atoms with Crippen LogP contribution < -0.4 is 11.5 Å². The highest BCUT2D eigenvalue weighted by Gasteiger charge is 2.23. The van der Waals surface area contributed by atoms with Crippen molar-refractivity contribution in [3.63, 3.8) is 0 Å². The van der Waals surface area contributed by atoms with E-state index in [2.05, 4.69) is 45.1 Å². The van der Waals surface area contributed by atoms with E-state index in [9.17, 15) is 0 Å². The van der Waals surface area contributed by atoms with E-state index in [4.69, 9.17) is 11.5 Å². The number of hydrogen-bond acceptors (Lipinski definition) is 2. The fourth-order valence-corrected chi connectivity index (χ4v) is 2.50. The minimum atomic E-state index is 0.324. The molecule has 0 rings (SSSR count). The van der Waals surface area contributed by atoms with Gasteiger partial charge in [0.15, 0.2) is 0 Å². The van der Waals surface area contributed by atoms with Crippen molar-refractivity contribution in [3.05, 3.63) is 24.3 Å². The summed E-state index contributed by atoms with van der Waals surface area (Å²) in [5.74, 6) is 0. The number of nitrogens with two attached hydrogens (primary N) is 2. The summed E-state index contributed by atoms with van der Waals surface area (Å²) in [7, 11) is 0. The average molecular weight is 295 g/mol. The number of unbranched alkanes of at least 4 members (excludes halogenated alkanes) is 2. The second kappa shape index (κ2) is 13.1. The second-order valence-electron chi connectivity index (χ2n) is 6.29. The Labute approximate surface area is 133 Å². The van der Waals surface area contributed by atoms with Crippen LogP contribution in [0.5, 0.6) is 0 Å². The van der Waals surface area contributed by atoms with Gasteiger partial charge < -0.3 is 11.5 Å². The third kappa shape index (κ3) is 9.87. The predicted octanol–water partition coefficient (Wildman–Crippen LogP) is 4.94. The first-order chi connectivity index (χ1) is 10.1. The van der Waals surface area contributed by atoms with Crippen molar-refractivity contribution in [2.75, 3.05) is 6.54 Å². The van der Waals surface area contributed by atoms with Crippen LogP contribution in [0.2, 0.25) is 0 Å². The summed E-state index contributed by atoms with van der Waals surface area (Å²) in [6.45, 7) is 7.47. The fraction of sp³-hybridized carbons (Fsp3) is 0.789. The van der Waals surface area contributed by atoms with Gasteiger partial charge in [0.2, 0.25) is 0 Å². The molecule has 0 aliphatic heterocycles. The zero-order chi connectivity index (χ0) is 16.0. The SMILES string of the molecule is CCCCC(CC)(CN)CC=CCCC=CCC(N)CC. The molecule has 2 unspecified atom stereocenters. The maximum Gasteiger partial charge on any atom is 0.00707 e. The van der Waals surface area contributed by atoms with Crippen LogP contribution in [0.4, 0.5) is 0 Å². The van der Waals surface area contributed by atoms with Crippen LogP contribution in [0.3, 0.4) is 0 Å². The molecule has 0 saturated heterocycles. The molecule has 0 spiro atoms. The molecule has 4 N–H and O–H groups in total. The molecular formula is C19H38N2. The smallest absolute Gasteiger partial charge is 0.00707 e. The van der Waals surface area contributed by atoms with Crippen molar-refractivity contribution < 1.29 is 0 Å². The molecule has 0 fully saturated rings. The number of rotatable bonds is 13. The standard InChI is InChI=1S/C19H38N2/c1-4-7-15-19(6-3,17-20)16-13-11-9-8-10-12-14-18(21)5-2/h10-13,18H,4-9,14-17,20-21H2,1-3H3. The number of hydrogen-bond donors (Lipinski definition) is 2. The van der Waals surface area contributed by atoms with Gasteiger partial charge in [-0.1, -0.05) is 57.9 Å². The Morgan fingerprint density at radius 1 is 1.00 bits per heavy atom. The third-order valence-electron chi connectivity index (χ3n) is 4.59. The largest absolute Gasteiger partial charge is 0.330 e. The molecule has 0 aliphatic rings. The Bertz CT molecular complexity index is 277. The van der Waals surface area contributed by atoms with Crippen molar-refractivity contribution in [1.29, 1.82) is 0 Å². The van der Waals surface area contributed by atoms with Crippen LogP contribution in [-0.2, 0) is 0 Å². The summed E-state index contributed by atoms with van der Waals surface area (Å²) in [6, 6.07) is 0.324. The maximum absolute atomic E-state index is 6.02. The van der Waals surface area contributed by atoms with E-state index in [1.54, 1.807) is 0 Å². The highest BCUT2D eigenvalue weighted by Crippen LogP contribution is 2.32. The summed E-state index contributed by atoms with van der Waals surface area (Å²) in [5, 5.41) is 0. The summed E-state index contributed by atoms with van der Waals surface area (Å²) in [6.07, 6.45) is 19.6. The third-order valence-corrected chi connectivity index (χ3v) is 4.59. The van der Waals surface area contributed by atoms with E-state index in [1.165, 1.54) is 25.7 Å². The van der Waals surface area contributed by atoms with E-state index < -0.39 is 0 Å². The maximum atomic E-state index is 6.02. The molecule has 0 aromatic carbocycles. The lowest BCUT2D eigenvalue weighted by Gasteiger charge is -2.30. The monoisotopic (exact) mass is 294 g/mol. The van der Waals surface area contributed by atoms with Gasteiger partial charge >= 0.3 is 0 Å². The van der Waals surface area contributed by atoms with E-state index in [-0.39, 0.29) is 0 Å². The van der Waals surface area contributed by atoms with Gasteiger partial charge in [-0.3, -0.25) is 0 Å². The molecule has 2 nitrogen and oxygen atoms in total. The zero-order valence-electron chi connectivity index (χ0n) is 14.6. The van der Waals surface area contributed by atoms with Crippen LogP contribution in [0.1, 0.15) is 78.6 Å². The van der Waals surface area contributed by atoms with Gasteiger partial charge in [0.05, 0.1) is 0 Å². The summed E-state index contributed by atoms with van der Waals surface area (Å²) in [5.41, 5.74) is 12.2. The van der Waals surface area contributed by atoms with Gasteiger partial charge in [-0.15, -0.1) is 0 Å². The summed E-state index contributed by atoms with van der Waals surface area (Å²) in [4.78, 5) is 0. The molecule has 0 saturated carbocycles. The lowest BCUT2D eigenvalue weighted by atomic mass is 9.77. The number of allylic oxidation sites excluding steroid dienone is 3. The molecule has 0 aromatic heterocycles. The molecule has 0 radical (unpaired) electrons. The lowest BCUT2D eigenvalue weighted by molar-refractivity contribution is 0.256. The highest BCUT2D eigenvalue weighted by atomic mass is 14.6. The van der Waals surface area contributed by atoms with E-state index in [1.807, 2.05) is 0 Å². The van der Waals surface area contributed by atoms with E-state index >= 15 is 0 Å². The highest BCUT2D eigenvalue weighted by molar-refractivity contribution is 4.93. The first-order valence-electron chi connectivity index (χ1n) is 8.89. The van der Waals surface area contributed by atoms with E-state index in [0.717, 1.165) is 38.6 Å². The molecule has 0 heterocycles. The van der Waals surface area contributed by atoms with Gasteiger partial charge in [0.1, 0.15) is 0 Å². The molecule has 21 heavy (non-hydrogen) atoms. The molecule has 0 aliphatic carbocycles. The molecule has 0 aromatic rings. The summed E-state index contributed by atoms with van der Waals surface area (Å²) < 4.78 is 0. The van der Waals surface area contributed by atoms with Gasteiger partial charge in [0, 0.05) is 6.04 Å². The van der Waals surface area contributed by atoms with Crippen molar-refractivity contribution in [1.82, 2.24) is 0 Å². The molecular weight excluding hydrogens is 256 g/mol. The summed E-state index contributed by atoms with van der Waals surface area (Å²) >= 11 is 0. The van der Waals surface area contributed by atoms with Crippen molar-refractivity contribution in [3.8, 4) is 0 Å². The Balaban J connectivity index is 3.96. The molecule has 2 atom stereocenters. The Hall–Kier alpha value is -0.600. The fourth-order valence-electron chi connectivity index (χ4n) is 2.50. The van der Waals surface area contributed by atoms with Gasteiger partial charge in [-0.05, 0) is 56.9 Å². The normalized spacial score (nSPS) is 16.6. The minimum absolute atomic E-state index is 0.324. The van der Waals surface area contributed by atoms with E-state index in [0.29, 0.717) is 11.5 Å². The van der Waals surface area contributed by atoms with Gasteiger partial charge in [0.25, 0.3) is 0 Å². The minimum Gasteiger partial charge on any atom is -0.330 e. The molecule has 124 valence electrons. The Kier molecular flexibility index (Phi) is 12.7. The van der Waals surface area contributed by atoms with Crippen LogP contribution in [0.25, 0.3) is 0 Å².